The van der Waals surface area contributed by atoms with Crippen LogP contribution in [0.1, 0.15) is 0 Å². The van der Waals surface area contributed by atoms with Crippen molar-refractivity contribution in [2.45, 2.75) is 0 Å². The van der Waals surface area contributed by atoms with Gasteiger partial charge in [-0.15, -0.1) is 0 Å². The van der Waals surface area contributed by atoms with Crippen LogP contribution in [0, 0.1) is 3.57 Å². The molecule has 0 fully saturated rings. The molecule has 0 aliphatic rings. The van der Waals surface area contributed by atoms with Crippen LogP contribution >= 0.6 is 22.6 Å². The van der Waals surface area contributed by atoms with Gasteiger partial charge in [0.15, 0.2) is 5.43 Å². The third-order valence-electron chi connectivity index (χ3n) is 3.07. The van der Waals surface area contributed by atoms with E-state index in [0.29, 0.717) is 16.7 Å². The Bertz CT molecular complexity index is 836. The summed E-state index contributed by atoms with van der Waals surface area (Å²) in [7, 11) is 1.62. The SMILES string of the molecule is COc1cc(-c2cc(=O)c3ccccc3o2)ccc1I. The highest BCUT2D eigenvalue weighted by Crippen LogP contribution is 2.28. The van der Waals surface area contributed by atoms with Gasteiger partial charge in [0, 0.05) is 11.6 Å². The van der Waals surface area contributed by atoms with Crippen LogP contribution in [0.4, 0.5) is 0 Å². The van der Waals surface area contributed by atoms with E-state index in [9.17, 15) is 4.79 Å². The normalized spacial score (nSPS) is 10.7. The van der Waals surface area contributed by atoms with Crippen molar-refractivity contribution in [2.24, 2.45) is 0 Å². The number of fused-ring (bicyclic) bond motifs is 1. The van der Waals surface area contributed by atoms with Crippen LogP contribution in [-0.4, -0.2) is 7.11 Å². The second-order valence-corrected chi connectivity index (χ2v) is 5.48. The molecule has 100 valence electrons. The van der Waals surface area contributed by atoms with Crippen molar-refractivity contribution in [2.75, 3.05) is 7.11 Å². The van der Waals surface area contributed by atoms with Gasteiger partial charge in [0.25, 0.3) is 0 Å². The van der Waals surface area contributed by atoms with Crippen LogP contribution in [-0.2, 0) is 0 Å². The Morgan fingerprint density at radius 3 is 2.70 bits per heavy atom. The Hall–Kier alpha value is -1.82. The van der Waals surface area contributed by atoms with Gasteiger partial charge in [-0.1, -0.05) is 12.1 Å². The van der Waals surface area contributed by atoms with Gasteiger partial charge in [0.2, 0.25) is 0 Å². The zero-order valence-electron chi connectivity index (χ0n) is 10.7. The molecule has 3 nitrogen and oxygen atoms in total. The summed E-state index contributed by atoms with van der Waals surface area (Å²) in [4.78, 5) is 12.1. The summed E-state index contributed by atoms with van der Waals surface area (Å²) in [5, 5.41) is 0.591. The van der Waals surface area contributed by atoms with E-state index in [1.165, 1.54) is 6.07 Å². The summed E-state index contributed by atoms with van der Waals surface area (Å²) >= 11 is 2.20. The Morgan fingerprint density at radius 1 is 1.10 bits per heavy atom. The van der Waals surface area contributed by atoms with Gasteiger partial charge in [-0.3, -0.25) is 4.79 Å². The molecule has 4 heteroatoms. The monoisotopic (exact) mass is 378 g/mol. The Labute approximate surface area is 129 Å². The first-order valence-corrected chi connectivity index (χ1v) is 7.14. The lowest BCUT2D eigenvalue weighted by Gasteiger charge is -2.07. The third kappa shape index (κ3) is 2.31. The number of rotatable bonds is 2. The quantitative estimate of drug-likeness (QED) is 0.631. The molecule has 1 heterocycles. The Morgan fingerprint density at radius 2 is 1.90 bits per heavy atom. The second-order valence-electron chi connectivity index (χ2n) is 4.32. The number of methoxy groups -OCH3 is 1. The highest BCUT2D eigenvalue weighted by Gasteiger charge is 2.09. The molecule has 0 unspecified atom stereocenters. The highest BCUT2D eigenvalue weighted by molar-refractivity contribution is 14.1. The van der Waals surface area contributed by atoms with Crippen molar-refractivity contribution in [3.05, 3.63) is 62.3 Å². The van der Waals surface area contributed by atoms with E-state index in [1.807, 2.05) is 30.3 Å². The van der Waals surface area contributed by atoms with Gasteiger partial charge in [0.05, 0.1) is 16.1 Å². The first-order chi connectivity index (χ1) is 9.69. The molecule has 20 heavy (non-hydrogen) atoms. The molecular formula is C16H11IO3. The van der Waals surface area contributed by atoms with Crippen LogP contribution in [0.15, 0.2) is 57.7 Å². The molecule has 3 aromatic rings. The van der Waals surface area contributed by atoms with Gasteiger partial charge in [-0.2, -0.15) is 0 Å². The van der Waals surface area contributed by atoms with Gasteiger partial charge in [-0.05, 0) is 52.9 Å². The minimum atomic E-state index is -0.0423. The Kier molecular flexibility index (Phi) is 3.48. The third-order valence-corrected chi connectivity index (χ3v) is 3.96. The molecule has 0 aliphatic carbocycles. The maximum Gasteiger partial charge on any atom is 0.193 e. The fourth-order valence-corrected chi connectivity index (χ4v) is 2.61. The van der Waals surface area contributed by atoms with Crippen molar-refractivity contribution in [1.29, 1.82) is 0 Å². The summed E-state index contributed by atoms with van der Waals surface area (Å²) < 4.78 is 12.1. The van der Waals surface area contributed by atoms with Gasteiger partial charge < -0.3 is 9.15 Å². The minimum absolute atomic E-state index is 0.0423. The van der Waals surface area contributed by atoms with Crippen LogP contribution in [0.2, 0.25) is 0 Å². The van der Waals surface area contributed by atoms with E-state index < -0.39 is 0 Å². The molecule has 0 saturated carbocycles. The van der Waals surface area contributed by atoms with Crippen LogP contribution in [0.25, 0.3) is 22.3 Å². The number of benzene rings is 2. The summed E-state index contributed by atoms with van der Waals surface area (Å²) in [6.45, 7) is 0. The van der Waals surface area contributed by atoms with Gasteiger partial charge in [-0.25, -0.2) is 0 Å². The van der Waals surface area contributed by atoms with E-state index in [2.05, 4.69) is 22.6 Å². The highest BCUT2D eigenvalue weighted by atomic mass is 127. The van der Waals surface area contributed by atoms with Crippen molar-refractivity contribution < 1.29 is 9.15 Å². The molecule has 0 atom stereocenters. The van der Waals surface area contributed by atoms with Crippen LogP contribution < -0.4 is 10.2 Å². The predicted molar refractivity (Wildman–Crippen MR) is 87.2 cm³/mol. The molecule has 2 aromatic carbocycles. The van der Waals surface area contributed by atoms with Crippen LogP contribution in [0.3, 0.4) is 0 Å². The fourth-order valence-electron chi connectivity index (χ4n) is 2.06. The summed E-state index contributed by atoms with van der Waals surface area (Å²) in [5.41, 5.74) is 1.37. The molecule has 3 rings (SSSR count). The zero-order valence-corrected chi connectivity index (χ0v) is 12.9. The molecule has 0 saturated heterocycles. The van der Waals surface area contributed by atoms with Gasteiger partial charge in [0.1, 0.15) is 17.1 Å². The topological polar surface area (TPSA) is 39.4 Å². The van der Waals surface area contributed by atoms with Crippen molar-refractivity contribution in [3.63, 3.8) is 0 Å². The largest absolute Gasteiger partial charge is 0.496 e. The molecule has 0 N–H and O–H groups in total. The minimum Gasteiger partial charge on any atom is -0.496 e. The first-order valence-electron chi connectivity index (χ1n) is 6.06. The first kappa shape index (κ1) is 13.2. The number of hydrogen-bond donors (Lipinski definition) is 0. The molecular weight excluding hydrogens is 367 g/mol. The van der Waals surface area contributed by atoms with Crippen molar-refractivity contribution >= 4 is 33.6 Å². The second kappa shape index (κ2) is 5.28. The van der Waals surface area contributed by atoms with E-state index >= 15 is 0 Å². The molecule has 0 radical (unpaired) electrons. The summed E-state index contributed by atoms with van der Waals surface area (Å²) in [5.74, 6) is 1.31. The average Bonchev–Trinajstić information content (AvgIpc) is 2.47. The molecule has 0 bridgehead atoms. The molecule has 0 aliphatic heterocycles. The average molecular weight is 378 g/mol. The molecule has 0 spiro atoms. The molecule has 1 aromatic heterocycles. The number of para-hydroxylation sites is 1. The number of hydrogen-bond acceptors (Lipinski definition) is 3. The smallest absolute Gasteiger partial charge is 0.193 e. The summed E-state index contributed by atoms with van der Waals surface area (Å²) in [6, 6.07) is 14.5. The summed E-state index contributed by atoms with van der Waals surface area (Å²) in [6.07, 6.45) is 0. The zero-order chi connectivity index (χ0) is 14.1. The lowest BCUT2D eigenvalue weighted by Crippen LogP contribution is -2.00. The maximum absolute atomic E-state index is 12.1. The van der Waals surface area contributed by atoms with E-state index in [1.54, 1.807) is 19.2 Å². The number of halogens is 1. The van der Waals surface area contributed by atoms with Crippen LogP contribution in [0.5, 0.6) is 5.75 Å². The lowest BCUT2D eigenvalue weighted by molar-refractivity contribution is 0.412. The predicted octanol–water partition coefficient (Wildman–Crippen LogP) is 4.07. The van der Waals surface area contributed by atoms with Gasteiger partial charge >= 0.3 is 0 Å². The standard InChI is InChI=1S/C16H11IO3/c1-19-16-8-10(6-7-12(16)17)15-9-13(18)11-4-2-3-5-14(11)20-15/h2-9H,1H3. The Balaban J connectivity index is 2.22. The van der Waals surface area contributed by atoms with Crippen molar-refractivity contribution in [3.8, 4) is 17.1 Å². The van der Waals surface area contributed by atoms with E-state index in [4.69, 9.17) is 9.15 Å². The number of ether oxygens (including phenoxy) is 1. The van der Waals surface area contributed by atoms with E-state index in [-0.39, 0.29) is 5.43 Å². The lowest BCUT2D eigenvalue weighted by atomic mass is 10.1. The maximum atomic E-state index is 12.1. The van der Waals surface area contributed by atoms with E-state index in [0.717, 1.165) is 14.9 Å². The fraction of sp³-hybridized carbons (Fsp3) is 0.0625. The van der Waals surface area contributed by atoms with Crippen molar-refractivity contribution in [1.82, 2.24) is 0 Å². The molecule has 0 amide bonds.